The Kier molecular flexibility index (Phi) is 3.35. The SMILES string of the molecule is c1cncc(-c2n[nH]c(CCn3cc(-c4ncc[nH]4)nn3)n2)c1. The molecule has 23 heavy (non-hydrogen) atoms. The molecule has 0 saturated heterocycles. The Morgan fingerprint density at radius 1 is 1.22 bits per heavy atom. The van der Waals surface area contributed by atoms with E-state index in [1.165, 1.54) is 0 Å². The normalized spacial score (nSPS) is 11.0. The number of imidazole rings is 1. The van der Waals surface area contributed by atoms with Crippen LogP contribution in [0.5, 0.6) is 0 Å². The van der Waals surface area contributed by atoms with E-state index in [1.807, 2.05) is 18.3 Å². The second-order valence-electron chi connectivity index (χ2n) is 4.90. The fourth-order valence-corrected chi connectivity index (χ4v) is 2.17. The van der Waals surface area contributed by atoms with Crippen LogP contribution in [-0.2, 0) is 13.0 Å². The van der Waals surface area contributed by atoms with Gasteiger partial charge in [-0.2, -0.15) is 5.10 Å². The molecule has 0 aliphatic carbocycles. The molecule has 0 saturated carbocycles. The van der Waals surface area contributed by atoms with Crippen LogP contribution >= 0.6 is 0 Å². The molecule has 0 bridgehead atoms. The zero-order valence-electron chi connectivity index (χ0n) is 12.1. The fraction of sp³-hybridized carbons (Fsp3) is 0.143. The van der Waals surface area contributed by atoms with Crippen molar-refractivity contribution in [1.82, 2.24) is 45.1 Å². The third-order valence-corrected chi connectivity index (χ3v) is 3.31. The Hall–Kier alpha value is -3.36. The molecular weight excluding hydrogens is 294 g/mol. The van der Waals surface area contributed by atoms with E-state index < -0.39 is 0 Å². The Labute approximate surface area is 130 Å². The van der Waals surface area contributed by atoms with Gasteiger partial charge in [0.2, 0.25) is 0 Å². The second-order valence-corrected chi connectivity index (χ2v) is 4.90. The van der Waals surface area contributed by atoms with Crippen molar-refractivity contribution < 1.29 is 0 Å². The number of pyridine rings is 1. The first kappa shape index (κ1) is 13.3. The summed E-state index contributed by atoms with van der Waals surface area (Å²) in [6, 6.07) is 3.78. The third-order valence-electron chi connectivity index (χ3n) is 3.31. The van der Waals surface area contributed by atoms with E-state index >= 15 is 0 Å². The Bertz CT molecular complexity index is 876. The highest BCUT2D eigenvalue weighted by molar-refractivity contribution is 5.52. The lowest BCUT2D eigenvalue weighted by Crippen LogP contribution is -2.03. The van der Waals surface area contributed by atoms with Gasteiger partial charge in [-0.25, -0.2) is 9.97 Å². The molecule has 0 amide bonds. The first-order valence-corrected chi connectivity index (χ1v) is 7.10. The molecular formula is C14H13N9. The molecule has 9 nitrogen and oxygen atoms in total. The zero-order chi connectivity index (χ0) is 15.5. The number of H-pyrrole nitrogens is 2. The van der Waals surface area contributed by atoms with Crippen molar-refractivity contribution in [2.24, 2.45) is 0 Å². The fourth-order valence-electron chi connectivity index (χ4n) is 2.17. The minimum absolute atomic E-state index is 0.642. The van der Waals surface area contributed by atoms with Gasteiger partial charge in [0.25, 0.3) is 0 Å². The molecule has 2 N–H and O–H groups in total. The van der Waals surface area contributed by atoms with Crippen molar-refractivity contribution in [2.45, 2.75) is 13.0 Å². The van der Waals surface area contributed by atoms with Gasteiger partial charge in [-0.1, -0.05) is 5.21 Å². The maximum absolute atomic E-state index is 4.47. The largest absolute Gasteiger partial charge is 0.343 e. The van der Waals surface area contributed by atoms with Crippen LogP contribution in [0.1, 0.15) is 5.82 Å². The Balaban J connectivity index is 1.43. The predicted molar refractivity (Wildman–Crippen MR) is 80.9 cm³/mol. The van der Waals surface area contributed by atoms with Crippen LogP contribution in [0.15, 0.2) is 43.1 Å². The average Bonchev–Trinajstić information content (AvgIpc) is 3.33. The third kappa shape index (κ3) is 2.84. The number of nitrogens with one attached hydrogen (secondary N) is 2. The molecule has 4 aromatic heterocycles. The smallest absolute Gasteiger partial charge is 0.182 e. The van der Waals surface area contributed by atoms with Crippen LogP contribution in [0.3, 0.4) is 0 Å². The minimum Gasteiger partial charge on any atom is -0.343 e. The van der Waals surface area contributed by atoms with E-state index in [0.29, 0.717) is 30.3 Å². The first-order chi connectivity index (χ1) is 11.4. The highest BCUT2D eigenvalue weighted by atomic mass is 15.4. The monoisotopic (exact) mass is 307 g/mol. The lowest BCUT2D eigenvalue weighted by atomic mass is 10.3. The Morgan fingerprint density at radius 3 is 3.04 bits per heavy atom. The molecule has 0 spiro atoms. The molecule has 4 rings (SSSR count). The number of hydrogen-bond donors (Lipinski definition) is 2. The molecule has 0 fully saturated rings. The molecule has 0 aliphatic rings. The van der Waals surface area contributed by atoms with E-state index in [0.717, 1.165) is 11.4 Å². The van der Waals surface area contributed by atoms with Crippen molar-refractivity contribution in [1.29, 1.82) is 0 Å². The highest BCUT2D eigenvalue weighted by Crippen LogP contribution is 2.13. The van der Waals surface area contributed by atoms with Crippen molar-refractivity contribution >= 4 is 0 Å². The highest BCUT2D eigenvalue weighted by Gasteiger charge is 2.08. The van der Waals surface area contributed by atoms with Gasteiger partial charge in [0.15, 0.2) is 11.6 Å². The lowest BCUT2D eigenvalue weighted by Gasteiger charge is -1.96. The number of nitrogens with zero attached hydrogens (tertiary/aromatic N) is 7. The molecule has 0 radical (unpaired) electrons. The molecule has 9 heteroatoms. The van der Waals surface area contributed by atoms with Crippen molar-refractivity contribution in [3.05, 3.63) is 48.9 Å². The summed E-state index contributed by atoms with van der Waals surface area (Å²) in [6.45, 7) is 0.648. The molecule has 0 unspecified atom stereocenters. The van der Waals surface area contributed by atoms with Crippen molar-refractivity contribution in [2.75, 3.05) is 0 Å². The summed E-state index contributed by atoms with van der Waals surface area (Å²) < 4.78 is 1.75. The summed E-state index contributed by atoms with van der Waals surface area (Å²) in [6.07, 6.45) is 9.41. The van der Waals surface area contributed by atoms with Gasteiger partial charge >= 0.3 is 0 Å². The van der Waals surface area contributed by atoms with Crippen LogP contribution in [0, 0.1) is 0 Å². The second kappa shape index (κ2) is 5.79. The quantitative estimate of drug-likeness (QED) is 0.570. The molecule has 0 aliphatic heterocycles. The lowest BCUT2D eigenvalue weighted by molar-refractivity contribution is 0.578. The number of rotatable bonds is 5. The van der Waals surface area contributed by atoms with Crippen LogP contribution in [0.2, 0.25) is 0 Å². The number of aromatic amines is 2. The van der Waals surface area contributed by atoms with E-state index in [9.17, 15) is 0 Å². The minimum atomic E-state index is 0.642. The van der Waals surface area contributed by atoms with Gasteiger partial charge in [0.05, 0.1) is 6.20 Å². The average molecular weight is 307 g/mol. The van der Waals surface area contributed by atoms with E-state index in [4.69, 9.17) is 0 Å². The van der Waals surface area contributed by atoms with Gasteiger partial charge < -0.3 is 4.98 Å². The van der Waals surface area contributed by atoms with Crippen LogP contribution in [0.25, 0.3) is 22.9 Å². The van der Waals surface area contributed by atoms with E-state index in [-0.39, 0.29) is 0 Å². The zero-order valence-corrected chi connectivity index (χ0v) is 12.1. The van der Waals surface area contributed by atoms with Crippen molar-refractivity contribution in [3.63, 3.8) is 0 Å². The van der Waals surface area contributed by atoms with Gasteiger partial charge in [0, 0.05) is 43.3 Å². The summed E-state index contributed by atoms with van der Waals surface area (Å²) in [7, 11) is 0. The Morgan fingerprint density at radius 2 is 2.22 bits per heavy atom. The van der Waals surface area contributed by atoms with E-state index in [1.54, 1.807) is 29.5 Å². The van der Waals surface area contributed by atoms with E-state index in [2.05, 4.69) is 40.4 Å². The molecule has 4 aromatic rings. The molecule has 114 valence electrons. The molecule has 0 atom stereocenters. The standard InChI is InChI=1S/C14H13N9/c1-2-10(8-15-4-1)13-18-12(20-21-13)3-7-23-9-11(19-22-23)14-16-5-6-17-14/h1-2,4-6,8-9H,3,7H2,(H,16,17)(H,18,20,21). The molecule has 4 heterocycles. The summed E-state index contributed by atoms with van der Waals surface area (Å²) >= 11 is 0. The van der Waals surface area contributed by atoms with Gasteiger partial charge in [-0.15, -0.1) is 5.10 Å². The maximum atomic E-state index is 4.47. The van der Waals surface area contributed by atoms with Crippen LogP contribution < -0.4 is 0 Å². The topological polar surface area (TPSA) is 114 Å². The van der Waals surface area contributed by atoms with Gasteiger partial charge in [-0.3, -0.25) is 14.8 Å². The summed E-state index contributed by atoms with van der Waals surface area (Å²) in [5.74, 6) is 2.14. The number of aromatic nitrogens is 9. The molecule has 0 aromatic carbocycles. The maximum Gasteiger partial charge on any atom is 0.182 e. The summed E-state index contributed by atoms with van der Waals surface area (Å²) in [4.78, 5) is 15.7. The predicted octanol–water partition coefficient (Wildman–Crippen LogP) is 1.09. The van der Waals surface area contributed by atoms with Gasteiger partial charge in [-0.05, 0) is 12.1 Å². The number of aryl methyl sites for hydroxylation is 2. The van der Waals surface area contributed by atoms with Gasteiger partial charge in [0.1, 0.15) is 11.5 Å². The van der Waals surface area contributed by atoms with Crippen LogP contribution in [0.4, 0.5) is 0 Å². The summed E-state index contributed by atoms with van der Waals surface area (Å²) in [5.41, 5.74) is 1.60. The van der Waals surface area contributed by atoms with Crippen molar-refractivity contribution in [3.8, 4) is 22.9 Å². The van der Waals surface area contributed by atoms with Crippen LogP contribution in [-0.4, -0.2) is 45.1 Å². The summed E-state index contributed by atoms with van der Waals surface area (Å²) in [5, 5.41) is 15.3. The number of hydrogen-bond acceptors (Lipinski definition) is 6. The first-order valence-electron chi connectivity index (χ1n) is 7.10.